The number of hydrogen-bond donors (Lipinski definition) is 1. The van der Waals surface area contributed by atoms with Crippen LogP contribution in [0, 0.1) is 0 Å². The number of amides is 1. The van der Waals surface area contributed by atoms with Crippen molar-refractivity contribution in [2.45, 2.75) is 19.4 Å². The molecular weight excluding hydrogens is 333 g/mol. The highest BCUT2D eigenvalue weighted by Crippen LogP contribution is 2.26. The van der Waals surface area contributed by atoms with Gasteiger partial charge in [0.1, 0.15) is 5.65 Å². The number of fused-ring (bicyclic) bond motifs is 1. The Kier molecular flexibility index (Phi) is 4.55. The van der Waals surface area contributed by atoms with Crippen LogP contribution < -0.4 is 5.32 Å². The molecule has 0 radical (unpaired) electrons. The first-order valence-corrected chi connectivity index (χ1v) is 7.95. The minimum absolute atomic E-state index is 0.105. The summed E-state index contributed by atoms with van der Waals surface area (Å²) in [5, 5.41) is 4.04. The zero-order valence-electron chi connectivity index (χ0n) is 12.5. The number of pyridine rings is 1. The van der Waals surface area contributed by atoms with Gasteiger partial charge in [0.15, 0.2) is 0 Å². The Bertz CT molecular complexity index is 827. The van der Waals surface area contributed by atoms with Crippen LogP contribution in [0.2, 0.25) is 10.0 Å². The van der Waals surface area contributed by atoms with Crippen molar-refractivity contribution in [2.24, 2.45) is 0 Å². The molecular formula is C17H15Cl2N3O. The molecule has 0 aliphatic rings. The van der Waals surface area contributed by atoms with Crippen molar-refractivity contribution in [1.82, 2.24) is 14.7 Å². The van der Waals surface area contributed by atoms with E-state index in [-0.39, 0.29) is 18.4 Å². The average molecular weight is 348 g/mol. The van der Waals surface area contributed by atoms with Crippen molar-refractivity contribution in [3.05, 3.63) is 70.1 Å². The third kappa shape index (κ3) is 3.66. The van der Waals surface area contributed by atoms with Crippen LogP contribution in [0.4, 0.5) is 0 Å². The SMILES string of the molecule is CC(NC(=O)Cc1cn2ccccc2n1)c1ccc(Cl)cc1Cl. The Morgan fingerprint density at radius 1 is 1.30 bits per heavy atom. The minimum atomic E-state index is -0.204. The molecule has 1 atom stereocenters. The van der Waals surface area contributed by atoms with Crippen molar-refractivity contribution in [3.8, 4) is 0 Å². The van der Waals surface area contributed by atoms with Gasteiger partial charge in [0, 0.05) is 22.4 Å². The van der Waals surface area contributed by atoms with Crippen LogP contribution in [0.25, 0.3) is 5.65 Å². The van der Waals surface area contributed by atoms with E-state index in [9.17, 15) is 4.79 Å². The highest BCUT2D eigenvalue weighted by Gasteiger charge is 2.14. The molecule has 0 aliphatic carbocycles. The smallest absolute Gasteiger partial charge is 0.226 e. The molecule has 3 aromatic rings. The molecule has 118 valence electrons. The van der Waals surface area contributed by atoms with Crippen LogP contribution in [-0.2, 0) is 11.2 Å². The summed E-state index contributed by atoms with van der Waals surface area (Å²) >= 11 is 12.1. The summed E-state index contributed by atoms with van der Waals surface area (Å²) in [6.07, 6.45) is 3.98. The van der Waals surface area contributed by atoms with Crippen molar-refractivity contribution < 1.29 is 4.79 Å². The molecule has 0 fully saturated rings. The molecule has 0 aliphatic heterocycles. The highest BCUT2D eigenvalue weighted by molar-refractivity contribution is 6.35. The first-order chi connectivity index (χ1) is 11.0. The summed E-state index contributed by atoms with van der Waals surface area (Å²) in [7, 11) is 0. The van der Waals surface area contributed by atoms with Gasteiger partial charge >= 0.3 is 0 Å². The normalized spacial score (nSPS) is 12.3. The molecule has 0 bridgehead atoms. The van der Waals surface area contributed by atoms with E-state index in [0.29, 0.717) is 10.0 Å². The number of imidazole rings is 1. The molecule has 4 nitrogen and oxygen atoms in total. The van der Waals surface area contributed by atoms with Crippen LogP contribution >= 0.6 is 23.2 Å². The lowest BCUT2D eigenvalue weighted by molar-refractivity contribution is -0.121. The largest absolute Gasteiger partial charge is 0.349 e. The topological polar surface area (TPSA) is 46.4 Å². The number of carbonyl (C=O) groups excluding carboxylic acids is 1. The van der Waals surface area contributed by atoms with Crippen LogP contribution in [0.15, 0.2) is 48.8 Å². The lowest BCUT2D eigenvalue weighted by Gasteiger charge is -2.15. The maximum atomic E-state index is 12.2. The Balaban J connectivity index is 1.68. The summed E-state index contributed by atoms with van der Waals surface area (Å²) in [4.78, 5) is 16.6. The number of hydrogen-bond acceptors (Lipinski definition) is 2. The number of rotatable bonds is 4. The average Bonchev–Trinajstić information content (AvgIpc) is 2.88. The lowest BCUT2D eigenvalue weighted by atomic mass is 10.1. The second-order valence-electron chi connectivity index (χ2n) is 5.33. The van der Waals surface area contributed by atoms with E-state index in [1.165, 1.54) is 0 Å². The van der Waals surface area contributed by atoms with Gasteiger partial charge in [-0.3, -0.25) is 4.79 Å². The maximum absolute atomic E-state index is 12.2. The number of nitrogens with one attached hydrogen (secondary N) is 1. The Morgan fingerprint density at radius 3 is 2.87 bits per heavy atom. The Labute approximate surface area is 144 Å². The third-order valence-corrected chi connectivity index (χ3v) is 4.12. The van der Waals surface area contributed by atoms with E-state index >= 15 is 0 Å². The molecule has 1 unspecified atom stereocenters. The molecule has 23 heavy (non-hydrogen) atoms. The number of aromatic nitrogens is 2. The summed E-state index contributed by atoms with van der Waals surface area (Å²) in [6.45, 7) is 1.89. The second kappa shape index (κ2) is 6.60. The van der Waals surface area contributed by atoms with E-state index in [4.69, 9.17) is 23.2 Å². The fourth-order valence-electron chi connectivity index (χ4n) is 2.46. The van der Waals surface area contributed by atoms with Gasteiger partial charge in [0.25, 0.3) is 0 Å². The van der Waals surface area contributed by atoms with Crippen molar-refractivity contribution in [1.29, 1.82) is 0 Å². The van der Waals surface area contributed by atoms with Crippen LogP contribution in [0.1, 0.15) is 24.2 Å². The second-order valence-corrected chi connectivity index (χ2v) is 6.17. The van der Waals surface area contributed by atoms with Gasteiger partial charge < -0.3 is 9.72 Å². The minimum Gasteiger partial charge on any atom is -0.349 e. The van der Waals surface area contributed by atoms with Gasteiger partial charge in [0.05, 0.1) is 18.2 Å². The van der Waals surface area contributed by atoms with E-state index < -0.39 is 0 Å². The molecule has 2 heterocycles. The first-order valence-electron chi connectivity index (χ1n) is 7.20. The van der Waals surface area contributed by atoms with Crippen molar-refractivity contribution in [2.75, 3.05) is 0 Å². The molecule has 1 aromatic carbocycles. The molecule has 3 rings (SSSR count). The van der Waals surface area contributed by atoms with Gasteiger partial charge in [-0.15, -0.1) is 0 Å². The summed E-state index contributed by atoms with van der Waals surface area (Å²) in [5.74, 6) is -0.105. The van der Waals surface area contributed by atoms with Gasteiger partial charge in [-0.1, -0.05) is 35.3 Å². The molecule has 2 aromatic heterocycles. The molecule has 0 saturated carbocycles. The Morgan fingerprint density at radius 2 is 2.13 bits per heavy atom. The van der Waals surface area contributed by atoms with E-state index in [1.54, 1.807) is 12.1 Å². The maximum Gasteiger partial charge on any atom is 0.226 e. The summed E-state index contributed by atoms with van der Waals surface area (Å²) in [5.41, 5.74) is 2.38. The number of carbonyl (C=O) groups is 1. The number of nitrogens with zero attached hydrogens (tertiary/aromatic N) is 2. The van der Waals surface area contributed by atoms with Gasteiger partial charge in [-0.05, 0) is 36.8 Å². The standard InChI is InChI=1S/C17H15Cl2N3O/c1-11(14-6-5-12(18)8-15(14)19)20-17(23)9-13-10-22-7-3-2-4-16(22)21-13/h2-8,10-11H,9H2,1H3,(H,20,23). The highest BCUT2D eigenvalue weighted by atomic mass is 35.5. The van der Waals surface area contributed by atoms with E-state index in [1.807, 2.05) is 48.0 Å². The first kappa shape index (κ1) is 15.8. The van der Waals surface area contributed by atoms with Gasteiger partial charge in [-0.2, -0.15) is 0 Å². The quantitative estimate of drug-likeness (QED) is 0.773. The predicted molar refractivity (Wildman–Crippen MR) is 91.9 cm³/mol. The molecule has 1 amide bonds. The van der Waals surface area contributed by atoms with E-state index in [0.717, 1.165) is 16.9 Å². The number of benzene rings is 1. The van der Waals surface area contributed by atoms with Gasteiger partial charge in [-0.25, -0.2) is 4.98 Å². The number of halogens is 2. The Hall–Kier alpha value is -2.04. The lowest BCUT2D eigenvalue weighted by Crippen LogP contribution is -2.28. The van der Waals surface area contributed by atoms with Crippen molar-refractivity contribution in [3.63, 3.8) is 0 Å². The monoisotopic (exact) mass is 347 g/mol. The van der Waals surface area contributed by atoms with Crippen LogP contribution in [0.3, 0.4) is 0 Å². The molecule has 0 saturated heterocycles. The molecule has 1 N–H and O–H groups in total. The fraction of sp³-hybridized carbons (Fsp3) is 0.176. The van der Waals surface area contributed by atoms with E-state index in [2.05, 4.69) is 10.3 Å². The molecule has 0 spiro atoms. The van der Waals surface area contributed by atoms with Crippen molar-refractivity contribution >= 4 is 34.8 Å². The molecule has 6 heteroatoms. The summed E-state index contributed by atoms with van der Waals surface area (Å²) in [6, 6.07) is 10.8. The summed E-state index contributed by atoms with van der Waals surface area (Å²) < 4.78 is 1.89. The van der Waals surface area contributed by atoms with Crippen LogP contribution in [0.5, 0.6) is 0 Å². The van der Waals surface area contributed by atoms with Crippen LogP contribution in [-0.4, -0.2) is 15.3 Å². The predicted octanol–water partition coefficient (Wildman–Crippen LogP) is 4.06. The fourth-order valence-corrected chi connectivity index (χ4v) is 3.03. The van der Waals surface area contributed by atoms with Gasteiger partial charge in [0.2, 0.25) is 5.91 Å². The third-order valence-electron chi connectivity index (χ3n) is 3.56. The zero-order chi connectivity index (χ0) is 16.4. The zero-order valence-corrected chi connectivity index (χ0v) is 14.0.